The number of halogens is 1. The Kier molecular flexibility index (Phi) is 11.0. The standard InChI is InChI=1S/C24H41N5O.HI/c1-5-24(6-2,27-20(3)21-10-8-7-9-11-21)19-26-23(25-4)29-13-12-22(18-29)28-14-16-30-17-15-28;/h7-11,20,22,27H,5-6,12-19H2,1-4H3,(H,25,26);1H. The average Bonchev–Trinajstić information content (AvgIpc) is 3.30. The highest BCUT2D eigenvalue weighted by atomic mass is 127. The molecular formula is C24H42IN5O. The number of benzene rings is 1. The van der Waals surface area contributed by atoms with Crippen LogP contribution in [-0.4, -0.2) is 80.3 Å². The van der Waals surface area contributed by atoms with E-state index in [4.69, 9.17) is 4.74 Å². The second-order valence-electron chi connectivity index (χ2n) is 8.70. The molecule has 2 aliphatic rings. The summed E-state index contributed by atoms with van der Waals surface area (Å²) in [6.07, 6.45) is 3.35. The Morgan fingerprint density at radius 3 is 2.45 bits per heavy atom. The Hall–Kier alpha value is -0.900. The summed E-state index contributed by atoms with van der Waals surface area (Å²) in [4.78, 5) is 9.63. The molecule has 0 amide bonds. The van der Waals surface area contributed by atoms with Gasteiger partial charge in [0.15, 0.2) is 5.96 Å². The van der Waals surface area contributed by atoms with Gasteiger partial charge in [0.25, 0.3) is 0 Å². The van der Waals surface area contributed by atoms with Gasteiger partial charge in [-0.3, -0.25) is 9.89 Å². The lowest BCUT2D eigenvalue weighted by atomic mass is 9.90. The third-order valence-corrected chi connectivity index (χ3v) is 7.00. The number of nitrogens with zero attached hydrogens (tertiary/aromatic N) is 3. The van der Waals surface area contributed by atoms with E-state index < -0.39 is 0 Å². The van der Waals surface area contributed by atoms with E-state index in [9.17, 15) is 0 Å². The van der Waals surface area contributed by atoms with E-state index >= 15 is 0 Å². The smallest absolute Gasteiger partial charge is 0.193 e. The molecule has 176 valence electrons. The second-order valence-corrected chi connectivity index (χ2v) is 8.70. The van der Waals surface area contributed by atoms with Crippen LogP contribution in [0.4, 0.5) is 0 Å². The molecule has 2 heterocycles. The van der Waals surface area contributed by atoms with Gasteiger partial charge in [0.2, 0.25) is 0 Å². The summed E-state index contributed by atoms with van der Waals surface area (Å²) in [6, 6.07) is 11.6. The van der Waals surface area contributed by atoms with Crippen LogP contribution in [-0.2, 0) is 4.74 Å². The number of hydrogen-bond donors (Lipinski definition) is 2. The zero-order valence-corrected chi connectivity index (χ0v) is 22.1. The number of rotatable bonds is 8. The molecule has 2 aliphatic heterocycles. The van der Waals surface area contributed by atoms with Crippen molar-refractivity contribution in [3.8, 4) is 0 Å². The first kappa shape index (κ1) is 26.4. The molecule has 0 radical (unpaired) electrons. The van der Waals surface area contributed by atoms with Crippen molar-refractivity contribution in [1.82, 2.24) is 20.4 Å². The van der Waals surface area contributed by atoms with Crippen molar-refractivity contribution in [2.24, 2.45) is 4.99 Å². The van der Waals surface area contributed by atoms with E-state index in [1.165, 1.54) is 12.0 Å². The topological polar surface area (TPSA) is 52.1 Å². The molecule has 0 aliphatic carbocycles. The Morgan fingerprint density at radius 2 is 1.84 bits per heavy atom. The predicted molar refractivity (Wildman–Crippen MR) is 140 cm³/mol. The van der Waals surface area contributed by atoms with Crippen LogP contribution in [0.2, 0.25) is 0 Å². The molecule has 2 N–H and O–H groups in total. The molecule has 1 aromatic rings. The molecular weight excluding hydrogens is 501 g/mol. The number of guanidine groups is 1. The third-order valence-electron chi connectivity index (χ3n) is 7.00. The second kappa shape index (κ2) is 13.0. The van der Waals surface area contributed by atoms with E-state index in [2.05, 4.69) is 76.5 Å². The quantitative estimate of drug-likeness (QED) is 0.299. The lowest BCUT2D eigenvalue weighted by Gasteiger charge is -2.38. The molecule has 3 rings (SSSR count). The van der Waals surface area contributed by atoms with Gasteiger partial charge in [-0.2, -0.15) is 0 Å². The molecule has 0 aromatic heterocycles. The van der Waals surface area contributed by atoms with Gasteiger partial charge in [-0.25, -0.2) is 0 Å². The highest BCUT2D eigenvalue weighted by Gasteiger charge is 2.32. The summed E-state index contributed by atoms with van der Waals surface area (Å²) in [6.45, 7) is 13.7. The molecule has 2 saturated heterocycles. The maximum Gasteiger partial charge on any atom is 0.193 e. The van der Waals surface area contributed by atoms with Crippen molar-refractivity contribution < 1.29 is 4.74 Å². The molecule has 2 atom stereocenters. The van der Waals surface area contributed by atoms with Gasteiger partial charge < -0.3 is 20.3 Å². The summed E-state index contributed by atoms with van der Waals surface area (Å²) in [7, 11) is 1.91. The van der Waals surface area contributed by atoms with Crippen molar-refractivity contribution in [3.05, 3.63) is 35.9 Å². The molecule has 7 heteroatoms. The van der Waals surface area contributed by atoms with Gasteiger partial charge in [0.05, 0.1) is 13.2 Å². The van der Waals surface area contributed by atoms with Crippen LogP contribution in [0.3, 0.4) is 0 Å². The van der Waals surface area contributed by atoms with Gasteiger partial charge in [-0.1, -0.05) is 44.2 Å². The zero-order chi connectivity index (χ0) is 21.4. The van der Waals surface area contributed by atoms with Crippen LogP contribution in [0.25, 0.3) is 0 Å². The number of aliphatic imine (C=N–C) groups is 1. The summed E-state index contributed by atoms with van der Waals surface area (Å²) < 4.78 is 5.52. The van der Waals surface area contributed by atoms with Crippen LogP contribution >= 0.6 is 24.0 Å². The van der Waals surface area contributed by atoms with Gasteiger partial charge in [0, 0.05) is 57.4 Å². The van der Waals surface area contributed by atoms with Crippen molar-refractivity contribution in [2.75, 3.05) is 53.0 Å². The Morgan fingerprint density at radius 1 is 1.16 bits per heavy atom. The fourth-order valence-electron chi connectivity index (χ4n) is 4.79. The summed E-state index contributed by atoms with van der Waals surface area (Å²) in [5.74, 6) is 1.03. The van der Waals surface area contributed by atoms with Crippen LogP contribution in [0.1, 0.15) is 51.6 Å². The summed E-state index contributed by atoms with van der Waals surface area (Å²) >= 11 is 0. The molecule has 31 heavy (non-hydrogen) atoms. The predicted octanol–water partition coefficient (Wildman–Crippen LogP) is 3.50. The molecule has 0 spiro atoms. The van der Waals surface area contributed by atoms with Gasteiger partial charge in [0.1, 0.15) is 0 Å². The van der Waals surface area contributed by atoms with E-state index in [1.807, 2.05) is 7.05 Å². The fourth-order valence-corrected chi connectivity index (χ4v) is 4.79. The zero-order valence-electron chi connectivity index (χ0n) is 19.8. The maximum atomic E-state index is 5.52. The number of likely N-dealkylation sites (tertiary alicyclic amines) is 1. The van der Waals surface area contributed by atoms with Crippen molar-refractivity contribution >= 4 is 29.9 Å². The van der Waals surface area contributed by atoms with Crippen molar-refractivity contribution in [2.45, 2.75) is 57.7 Å². The highest BCUT2D eigenvalue weighted by molar-refractivity contribution is 14.0. The molecule has 6 nitrogen and oxygen atoms in total. The third kappa shape index (κ3) is 7.04. The summed E-state index contributed by atoms with van der Waals surface area (Å²) in [5, 5.41) is 7.62. The highest BCUT2D eigenvalue weighted by Crippen LogP contribution is 2.22. The fraction of sp³-hybridized carbons (Fsp3) is 0.708. The number of hydrogen-bond acceptors (Lipinski definition) is 4. The van der Waals surface area contributed by atoms with E-state index in [0.29, 0.717) is 12.1 Å². The summed E-state index contributed by atoms with van der Waals surface area (Å²) in [5.41, 5.74) is 1.37. The van der Waals surface area contributed by atoms with Crippen LogP contribution in [0.5, 0.6) is 0 Å². The SMILES string of the molecule is CCC(CC)(CNC(=NC)N1CCC(N2CCOCC2)C1)NC(C)c1ccccc1.I. The number of morpholine rings is 1. The van der Waals surface area contributed by atoms with Gasteiger partial charge in [-0.05, 0) is 31.7 Å². The Bertz CT molecular complexity index is 661. The minimum Gasteiger partial charge on any atom is -0.379 e. The molecule has 0 saturated carbocycles. The van der Waals surface area contributed by atoms with Crippen LogP contribution in [0, 0.1) is 0 Å². The number of ether oxygens (including phenoxy) is 1. The molecule has 0 bridgehead atoms. The molecule has 1 aromatic carbocycles. The Balaban J connectivity index is 0.00000341. The minimum absolute atomic E-state index is 0. The average molecular weight is 544 g/mol. The first-order valence-electron chi connectivity index (χ1n) is 11.7. The van der Waals surface area contributed by atoms with E-state index in [-0.39, 0.29) is 29.5 Å². The monoisotopic (exact) mass is 543 g/mol. The van der Waals surface area contributed by atoms with Crippen LogP contribution < -0.4 is 10.6 Å². The van der Waals surface area contributed by atoms with E-state index in [0.717, 1.165) is 64.7 Å². The normalized spacial score (nSPS) is 21.6. The molecule has 2 unspecified atom stereocenters. The Labute approximate surface area is 206 Å². The maximum absolute atomic E-state index is 5.52. The first-order valence-corrected chi connectivity index (χ1v) is 11.7. The van der Waals surface area contributed by atoms with Crippen molar-refractivity contribution in [1.29, 1.82) is 0 Å². The number of nitrogens with one attached hydrogen (secondary N) is 2. The lowest BCUT2D eigenvalue weighted by molar-refractivity contribution is 0.0194. The largest absolute Gasteiger partial charge is 0.379 e. The van der Waals surface area contributed by atoms with Crippen LogP contribution in [0.15, 0.2) is 35.3 Å². The first-order chi connectivity index (χ1) is 14.6. The van der Waals surface area contributed by atoms with Crippen molar-refractivity contribution in [3.63, 3.8) is 0 Å². The molecule has 2 fully saturated rings. The van der Waals surface area contributed by atoms with Gasteiger partial charge in [-0.15, -0.1) is 24.0 Å². The van der Waals surface area contributed by atoms with Gasteiger partial charge >= 0.3 is 0 Å². The minimum atomic E-state index is 0. The van der Waals surface area contributed by atoms with E-state index in [1.54, 1.807) is 0 Å². The lowest BCUT2D eigenvalue weighted by Crippen LogP contribution is -2.55.